The summed E-state index contributed by atoms with van der Waals surface area (Å²) in [5.74, 6) is 0. The van der Waals surface area contributed by atoms with E-state index in [1.165, 1.54) is 38.5 Å². The minimum absolute atomic E-state index is 1.22. The van der Waals surface area contributed by atoms with E-state index in [1.807, 2.05) is 0 Å². The summed E-state index contributed by atoms with van der Waals surface area (Å²) >= 11 is 0. The Balaban J connectivity index is 2.17. The van der Waals surface area contributed by atoms with Gasteiger partial charge < -0.3 is 0 Å². The molecule has 0 bridgehead atoms. The van der Waals surface area contributed by atoms with Crippen LogP contribution in [-0.4, -0.2) is 0 Å². The Morgan fingerprint density at radius 1 is 1.00 bits per heavy atom. The third kappa shape index (κ3) is 0.910. The molecule has 0 amide bonds. The van der Waals surface area contributed by atoms with Gasteiger partial charge in [0.25, 0.3) is 0 Å². The largest absolute Gasteiger partial charge is 0.0704 e. The van der Waals surface area contributed by atoms with E-state index in [1.54, 1.807) is 11.1 Å². The molecule has 0 saturated heterocycles. The fourth-order valence-corrected chi connectivity index (χ4v) is 1.84. The van der Waals surface area contributed by atoms with Crippen LogP contribution in [0.3, 0.4) is 0 Å². The molecule has 0 spiro atoms. The molecule has 2 aliphatic carbocycles. The molecule has 0 aliphatic heterocycles. The first-order valence-electron chi connectivity index (χ1n) is 3.91. The summed E-state index contributed by atoms with van der Waals surface area (Å²) < 4.78 is 0. The fourth-order valence-electron chi connectivity index (χ4n) is 1.84. The van der Waals surface area contributed by atoms with Gasteiger partial charge in [0.15, 0.2) is 0 Å². The Kier molecular flexibility index (Phi) is 1.33. The van der Waals surface area contributed by atoms with Gasteiger partial charge in [-0.2, -0.15) is 0 Å². The Labute approximate surface area is 57.0 Å². The molecule has 0 N–H and O–H groups in total. The van der Waals surface area contributed by atoms with E-state index in [0.29, 0.717) is 0 Å². The quantitative estimate of drug-likeness (QED) is 0.461. The highest BCUT2D eigenvalue weighted by molar-refractivity contribution is 5.28. The molecule has 0 unspecified atom stereocenters. The second kappa shape index (κ2) is 2.17. The van der Waals surface area contributed by atoms with Crippen LogP contribution in [0.1, 0.15) is 38.5 Å². The predicted octanol–water partition coefficient (Wildman–Crippen LogP) is 2.73. The highest BCUT2D eigenvalue weighted by Crippen LogP contribution is 2.35. The summed E-state index contributed by atoms with van der Waals surface area (Å²) in [5.41, 5.74) is 3.31. The highest BCUT2D eigenvalue weighted by atomic mass is 14.2. The molecule has 0 saturated carbocycles. The minimum Gasteiger partial charge on any atom is -0.0704 e. The lowest BCUT2D eigenvalue weighted by molar-refractivity contribution is 0.753. The van der Waals surface area contributed by atoms with E-state index in [2.05, 4.69) is 6.42 Å². The van der Waals surface area contributed by atoms with Gasteiger partial charge in [-0.25, -0.2) is 0 Å². The van der Waals surface area contributed by atoms with E-state index in [0.717, 1.165) is 0 Å². The van der Waals surface area contributed by atoms with Crippen molar-refractivity contribution in [2.24, 2.45) is 0 Å². The van der Waals surface area contributed by atoms with Crippen molar-refractivity contribution in [3.05, 3.63) is 17.6 Å². The summed E-state index contributed by atoms with van der Waals surface area (Å²) in [6.07, 6.45) is 11.5. The third-order valence-corrected chi connectivity index (χ3v) is 2.33. The maximum atomic E-state index is 3.46. The lowest BCUT2D eigenvalue weighted by Crippen LogP contribution is -1.93. The van der Waals surface area contributed by atoms with Crippen LogP contribution in [0.5, 0.6) is 0 Å². The third-order valence-electron chi connectivity index (χ3n) is 2.33. The van der Waals surface area contributed by atoms with Crippen molar-refractivity contribution in [1.29, 1.82) is 0 Å². The van der Waals surface area contributed by atoms with E-state index >= 15 is 0 Å². The van der Waals surface area contributed by atoms with Gasteiger partial charge in [0.05, 0.1) is 0 Å². The monoisotopic (exact) mass is 120 g/mol. The Morgan fingerprint density at radius 2 is 1.89 bits per heavy atom. The van der Waals surface area contributed by atoms with E-state index in [4.69, 9.17) is 0 Å². The fraction of sp³-hybridized carbons (Fsp3) is 0.667. The summed E-state index contributed by atoms with van der Waals surface area (Å²) in [7, 11) is 0. The smallest absolute Gasteiger partial charge is 0.0119 e. The Hall–Kier alpha value is -0.260. The molecule has 2 rings (SSSR count). The summed E-state index contributed by atoms with van der Waals surface area (Å²) in [5, 5.41) is 0. The van der Waals surface area contributed by atoms with Crippen molar-refractivity contribution >= 4 is 0 Å². The molecule has 0 heterocycles. The van der Waals surface area contributed by atoms with Crippen LogP contribution in [-0.2, 0) is 0 Å². The van der Waals surface area contributed by atoms with Crippen LogP contribution in [0.15, 0.2) is 11.1 Å². The Morgan fingerprint density at radius 3 is 2.78 bits per heavy atom. The minimum atomic E-state index is 1.22. The molecule has 0 aromatic carbocycles. The van der Waals surface area contributed by atoms with Crippen molar-refractivity contribution in [1.82, 2.24) is 0 Å². The molecule has 0 heteroatoms. The average molecular weight is 120 g/mol. The maximum Gasteiger partial charge on any atom is 0.0119 e. The van der Waals surface area contributed by atoms with Crippen LogP contribution >= 0.6 is 0 Å². The number of hydrogen-bond donors (Lipinski definition) is 0. The van der Waals surface area contributed by atoms with Crippen LogP contribution in [0.25, 0.3) is 0 Å². The van der Waals surface area contributed by atoms with Crippen molar-refractivity contribution < 1.29 is 0 Å². The van der Waals surface area contributed by atoms with Crippen molar-refractivity contribution in [2.75, 3.05) is 0 Å². The zero-order valence-corrected chi connectivity index (χ0v) is 5.74. The van der Waals surface area contributed by atoms with Gasteiger partial charge in [0.2, 0.25) is 0 Å². The van der Waals surface area contributed by atoms with Crippen LogP contribution in [0, 0.1) is 6.42 Å². The zero-order chi connectivity index (χ0) is 6.10. The SMILES string of the molecule is [C]1CCCC2=C1CCC2. The van der Waals surface area contributed by atoms with Crippen LogP contribution in [0.4, 0.5) is 0 Å². The topological polar surface area (TPSA) is 0 Å². The first kappa shape index (κ1) is 5.52. The summed E-state index contributed by atoms with van der Waals surface area (Å²) in [6, 6.07) is 0. The highest BCUT2D eigenvalue weighted by Gasteiger charge is 2.17. The van der Waals surface area contributed by atoms with Gasteiger partial charge in [-0.1, -0.05) is 11.1 Å². The molecule has 0 fully saturated rings. The van der Waals surface area contributed by atoms with Gasteiger partial charge in [0, 0.05) is 6.42 Å². The molecular formula is C9H12. The molecule has 2 aliphatic rings. The number of hydrogen-bond acceptors (Lipinski definition) is 0. The predicted molar refractivity (Wildman–Crippen MR) is 38.0 cm³/mol. The van der Waals surface area contributed by atoms with Gasteiger partial charge in [0.1, 0.15) is 0 Å². The van der Waals surface area contributed by atoms with E-state index < -0.39 is 0 Å². The van der Waals surface area contributed by atoms with Crippen molar-refractivity contribution in [3.63, 3.8) is 0 Å². The van der Waals surface area contributed by atoms with Gasteiger partial charge in [-0.15, -0.1) is 0 Å². The average Bonchev–Trinajstić information content (AvgIpc) is 2.33. The molecule has 2 radical (unpaired) electrons. The summed E-state index contributed by atoms with van der Waals surface area (Å²) in [4.78, 5) is 0. The normalized spacial score (nSPS) is 26.7. The van der Waals surface area contributed by atoms with Gasteiger partial charge in [-0.05, 0) is 38.5 Å². The molecule has 0 atom stereocenters. The van der Waals surface area contributed by atoms with Gasteiger partial charge >= 0.3 is 0 Å². The first-order valence-corrected chi connectivity index (χ1v) is 3.91. The zero-order valence-electron chi connectivity index (χ0n) is 5.74. The lowest BCUT2D eigenvalue weighted by Gasteiger charge is -2.11. The number of allylic oxidation sites excluding steroid dienone is 2. The maximum absolute atomic E-state index is 3.46. The van der Waals surface area contributed by atoms with Crippen LogP contribution in [0.2, 0.25) is 0 Å². The van der Waals surface area contributed by atoms with Crippen molar-refractivity contribution in [3.8, 4) is 0 Å². The summed E-state index contributed by atoms with van der Waals surface area (Å²) in [6.45, 7) is 0. The first-order chi connectivity index (χ1) is 4.47. The Bertz CT molecular complexity index is 126. The van der Waals surface area contributed by atoms with Crippen LogP contribution < -0.4 is 0 Å². The second-order valence-corrected chi connectivity index (χ2v) is 2.97. The molecule has 48 valence electrons. The molecule has 0 nitrogen and oxygen atoms in total. The van der Waals surface area contributed by atoms with E-state index in [9.17, 15) is 0 Å². The molecule has 0 aromatic heterocycles. The molecular weight excluding hydrogens is 108 g/mol. The molecule has 9 heavy (non-hydrogen) atoms. The lowest BCUT2D eigenvalue weighted by atomic mass is 9.94. The van der Waals surface area contributed by atoms with Crippen molar-refractivity contribution in [2.45, 2.75) is 38.5 Å². The van der Waals surface area contributed by atoms with E-state index in [-0.39, 0.29) is 0 Å². The number of rotatable bonds is 0. The second-order valence-electron chi connectivity index (χ2n) is 2.97. The standard InChI is InChI=1S/C9H12/c1-2-5-9-7-3-6-8(9)4-1/h1-4,6-7H2. The molecule has 0 aromatic rings. The van der Waals surface area contributed by atoms with Gasteiger partial charge in [-0.3, -0.25) is 0 Å².